The second-order valence-corrected chi connectivity index (χ2v) is 3.01. The first-order chi connectivity index (χ1) is 6.90. The predicted octanol–water partition coefficient (Wildman–Crippen LogP) is 1.60. The van der Waals surface area contributed by atoms with Gasteiger partial charge >= 0.3 is 0 Å². The van der Waals surface area contributed by atoms with E-state index in [1.807, 2.05) is 36.4 Å². The van der Waals surface area contributed by atoms with Gasteiger partial charge in [-0.25, -0.2) is 0 Å². The summed E-state index contributed by atoms with van der Waals surface area (Å²) in [7, 11) is 0. The lowest BCUT2D eigenvalue weighted by molar-refractivity contribution is 1.03. The average Bonchev–Trinajstić information content (AvgIpc) is 2.30. The molecule has 0 atom stereocenters. The molecule has 1 aromatic carbocycles. The van der Waals surface area contributed by atoms with Crippen LogP contribution in [0.5, 0.6) is 0 Å². The van der Waals surface area contributed by atoms with Crippen LogP contribution in [0.25, 0.3) is 11.3 Å². The normalized spacial score (nSPS) is 10.1. The second kappa shape index (κ2) is 3.98. The number of nitrogens with two attached hydrogens (primary N) is 1. The number of nitrogens with zero attached hydrogens (tertiary/aromatic N) is 2. The molecule has 2 rings (SSSR count). The van der Waals surface area contributed by atoms with Crippen molar-refractivity contribution < 1.29 is 0 Å². The molecule has 0 bridgehead atoms. The number of rotatable bonds is 2. The van der Waals surface area contributed by atoms with E-state index in [9.17, 15) is 0 Å². The first-order valence-corrected chi connectivity index (χ1v) is 4.47. The first kappa shape index (κ1) is 8.84. The highest BCUT2D eigenvalue weighted by molar-refractivity contribution is 5.59. The molecule has 0 fully saturated rings. The molecule has 0 unspecified atom stereocenters. The van der Waals surface area contributed by atoms with Gasteiger partial charge in [-0.15, -0.1) is 0 Å². The Morgan fingerprint density at radius 2 is 2.07 bits per heavy atom. The van der Waals surface area contributed by atoms with E-state index in [0.717, 1.165) is 16.8 Å². The standard InChI is InChI=1S/C11H11N3/c12-8-9-3-1-4-10(7-9)11-5-2-6-13-14-11/h1-7H,8,12H2. The van der Waals surface area contributed by atoms with Crippen LogP contribution in [0.3, 0.4) is 0 Å². The summed E-state index contributed by atoms with van der Waals surface area (Å²) in [5, 5.41) is 7.87. The zero-order valence-corrected chi connectivity index (χ0v) is 7.72. The van der Waals surface area contributed by atoms with Crippen LogP contribution in [0.1, 0.15) is 5.56 Å². The van der Waals surface area contributed by atoms with Crippen LogP contribution >= 0.6 is 0 Å². The Kier molecular flexibility index (Phi) is 2.51. The molecule has 2 N–H and O–H groups in total. The summed E-state index contributed by atoms with van der Waals surface area (Å²) in [6, 6.07) is 11.8. The van der Waals surface area contributed by atoms with E-state index in [1.165, 1.54) is 0 Å². The molecular weight excluding hydrogens is 174 g/mol. The maximum absolute atomic E-state index is 5.56. The van der Waals surface area contributed by atoms with Crippen LogP contribution in [0.15, 0.2) is 42.6 Å². The minimum Gasteiger partial charge on any atom is -0.326 e. The lowest BCUT2D eigenvalue weighted by Gasteiger charge is -2.01. The van der Waals surface area contributed by atoms with Gasteiger partial charge in [0.2, 0.25) is 0 Å². The van der Waals surface area contributed by atoms with Crippen molar-refractivity contribution in [1.29, 1.82) is 0 Å². The minimum atomic E-state index is 0.550. The van der Waals surface area contributed by atoms with Crippen LogP contribution in [0.4, 0.5) is 0 Å². The van der Waals surface area contributed by atoms with Crippen LogP contribution in [0.2, 0.25) is 0 Å². The average molecular weight is 185 g/mol. The molecule has 1 heterocycles. The summed E-state index contributed by atoms with van der Waals surface area (Å²) in [6.45, 7) is 0.550. The van der Waals surface area contributed by atoms with Crippen molar-refractivity contribution in [3.63, 3.8) is 0 Å². The van der Waals surface area contributed by atoms with Crippen LogP contribution in [-0.2, 0) is 6.54 Å². The lowest BCUT2D eigenvalue weighted by atomic mass is 10.1. The Morgan fingerprint density at radius 3 is 2.79 bits per heavy atom. The van der Waals surface area contributed by atoms with Crippen molar-refractivity contribution in [1.82, 2.24) is 10.2 Å². The molecule has 70 valence electrons. The zero-order valence-electron chi connectivity index (χ0n) is 7.72. The van der Waals surface area contributed by atoms with E-state index < -0.39 is 0 Å². The SMILES string of the molecule is NCc1cccc(-c2cccnn2)c1. The fourth-order valence-electron chi connectivity index (χ4n) is 1.31. The molecule has 0 saturated heterocycles. The Morgan fingerprint density at radius 1 is 1.14 bits per heavy atom. The summed E-state index contributed by atoms with van der Waals surface area (Å²) in [4.78, 5) is 0. The molecule has 0 saturated carbocycles. The fourth-order valence-corrected chi connectivity index (χ4v) is 1.31. The predicted molar refractivity (Wildman–Crippen MR) is 55.4 cm³/mol. The van der Waals surface area contributed by atoms with E-state index in [4.69, 9.17) is 5.73 Å². The van der Waals surface area contributed by atoms with Gasteiger partial charge in [-0.1, -0.05) is 18.2 Å². The molecule has 0 spiro atoms. The van der Waals surface area contributed by atoms with Crippen LogP contribution in [-0.4, -0.2) is 10.2 Å². The van der Waals surface area contributed by atoms with Gasteiger partial charge < -0.3 is 5.73 Å². The Labute approximate surface area is 82.6 Å². The highest BCUT2D eigenvalue weighted by atomic mass is 15.1. The van der Waals surface area contributed by atoms with Gasteiger partial charge in [-0.3, -0.25) is 0 Å². The molecule has 14 heavy (non-hydrogen) atoms. The van der Waals surface area contributed by atoms with Crippen molar-refractivity contribution in [2.75, 3.05) is 0 Å². The largest absolute Gasteiger partial charge is 0.326 e. The molecule has 0 aliphatic heterocycles. The van der Waals surface area contributed by atoms with Crippen molar-refractivity contribution >= 4 is 0 Å². The van der Waals surface area contributed by atoms with E-state index >= 15 is 0 Å². The van der Waals surface area contributed by atoms with Gasteiger partial charge in [-0.05, 0) is 23.8 Å². The van der Waals surface area contributed by atoms with Gasteiger partial charge in [0.25, 0.3) is 0 Å². The third-order valence-electron chi connectivity index (χ3n) is 2.03. The number of hydrogen-bond acceptors (Lipinski definition) is 3. The maximum atomic E-state index is 5.56. The van der Waals surface area contributed by atoms with E-state index in [1.54, 1.807) is 6.20 Å². The number of benzene rings is 1. The number of hydrogen-bond donors (Lipinski definition) is 1. The Hall–Kier alpha value is -1.74. The molecular formula is C11H11N3. The van der Waals surface area contributed by atoms with Crippen molar-refractivity contribution in [3.05, 3.63) is 48.2 Å². The summed E-state index contributed by atoms with van der Waals surface area (Å²) >= 11 is 0. The molecule has 3 heteroatoms. The van der Waals surface area contributed by atoms with Crippen molar-refractivity contribution in [3.8, 4) is 11.3 Å². The number of aromatic nitrogens is 2. The van der Waals surface area contributed by atoms with Gasteiger partial charge in [0.15, 0.2) is 0 Å². The van der Waals surface area contributed by atoms with Crippen LogP contribution in [0, 0.1) is 0 Å². The molecule has 3 nitrogen and oxygen atoms in total. The first-order valence-electron chi connectivity index (χ1n) is 4.47. The third-order valence-corrected chi connectivity index (χ3v) is 2.03. The molecule has 0 amide bonds. The molecule has 1 aromatic heterocycles. The van der Waals surface area contributed by atoms with Gasteiger partial charge in [0.1, 0.15) is 0 Å². The quantitative estimate of drug-likeness (QED) is 0.773. The van der Waals surface area contributed by atoms with Crippen LogP contribution < -0.4 is 5.73 Å². The second-order valence-electron chi connectivity index (χ2n) is 3.01. The van der Waals surface area contributed by atoms with Crippen molar-refractivity contribution in [2.24, 2.45) is 5.73 Å². The van der Waals surface area contributed by atoms with Gasteiger partial charge in [0.05, 0.1) is 5.69 Å². The van der Waals surface area contributed by atoms with Crippen molar-refractivity contribution in [2.45, 2.75) is 6.54 Å². The van der Waals surface area contributed by atoms with E-state index in [0.29, 0.717) is 6.54 Å². The Bertz CT molecular complexity index is 412. The monoisotopic (exact) mass is 185 g/mol. The van der Waals surface area contributed by atoms with E-state index in [-0.39, 0.29) is 0 Å². The maximum Gasteiger partial charge on any atom is 0.0929 e. The minimum absolute atomic E-state index is 0.550. The summed E-state index contributed by atoms with van der Waals surface area (Å²) < 4.78 is 0. The molecule has 2 aromatic rings. The fraction of sp³-hybridized carbons (Fsp3) is 0.0909. The smallest absolute Gasteiger partial charge is 0.0929 e. The van der Waals surface area contributed by atoms with Gasteiger partial charge in [-0.2, -0.15) is 10.2 Å². The third kappa shape index (κ3) is 1.78. The highest BCUT2D eigenvalue weighted by Crippen LogP contribution is 2.16. The summed E-state index contributed by atoms with van der Waals surface area (Å²) in [6.07, 6.45) is 1.66. The zero-order chi connectivity index (χ0) is 9.80. The molecule has 0 aliphatic rings. The molecule has 0 radical (unpaired) electrons. The highest BCUT2D eigenvalue weighted by Gasteiger charge is 1.98. The lowest BCUT2D eigenvalue weighted by Crippen LogP contribution is -1.96. The Balaban J connectivity index is 2.42. The van der Waals surface area contributed by atoms with Gasteiger partial charge in [0, 0.05) is 18.3 Å². The molecule has 0 aliphatic carbocycles. The van der Waals surface area contributed by atoms with E-state index in [2.05, 4.69) is 10.2 Å². The topological polar surface area (TPSA) is 51.8 Å². The summed E-state index contributed by atoms with van der Waals surface area (Å²) in [5.74, 6) is 0. The summed E-state index contributed by atoms with van der Waals surface area (Å²) in [5.41, 5.74) is 8.60.